The number of carbonyl (C=O) groups excluding carboxylic acids is 1. The molecule has 0 rings (SSSR count). The number of hydrogen-bond acceptors (Lipinski definition) is 5. The lowest BCUT2D eigenvalue weighted by Gasteiger charge is -2.26. The molecule has 0 saturated heterocycles. The Labute approximate surface area is 411 Å². The summed E-state index contributed by atoms with van der Waals surface area (Å²) in [6.45, 7) is 4.83. The van der Waals surface area contributed by atoms with Crippen LogP contribution >= 0.6 is 7.82 Å². The van der Waals surface area contributed by atoms with Gasteiger partial charge in [-0.05, 0) is 38.5 Å². The van der Waals surface area contributed by atoms with Crippen molar-refractivity contribution >= 4 is 13.7 Å². The van der Waals surface area contributed by atoms with E-state index in [1.807, 2.05) is 21.1 Å². The van der Waals surface area contributed by atoms with E-state index >= 15 is 0 Å². The molecule has 392 valence electrons. The third-order valence-electron chi connectivity index (χ3n) is 13.2. The Morgan fingerprint density at radius 3 is 1.32 bits per heavy atom. The van der Waals surface area contributed by atoms with Gasteiger partial charge in [-0.25, -0.2) is 4.57 Å². The highest BCUT2D eigenvalue weighted by atomic mass is 31.2. The molecule has 0 fully saturated rings. The zero-order valence-electron chi connectivity index (χ0n) is 44.7. The molecule has 0 spiro atoms. The number of hydrogen-bond donors (Lipinski definition) is 3. The van der Waals surface area contributed by atoms with Crippen molar-refractivity contribution in [1.82, 2.24) is 5.32 Å². The van der Waals surface area contributed by atoms with Gasteiger partial charge in [-0.3, -0.25) is 13.8 Å². The quantitative estimate of drug-likeness (QED) is 0.0243. The Morgan fingerprint density at radius 2 is 0.909 bits per heavy atom. The van der Waals surface area contributed by atoms with Gasteiger partial charge in [0.05, 0.1) is 39.9 Å². The number of allylic oxidation sites excluding steroid dienone is 4. The number of unbranched alkanes of at least 4 members (excludes halogenated alkanes) is 36. The summed E-state index contributed by atoms with van der Waals surface area (Å²) in [4.78, 5) is 23.3. The van der Waals surface area contributed by atoms with Crippen LogP contribution in [-0.4, -0.2) is 73.4 Å². The van der Waals surface area contributed by atoms with Crippen LogP contribution in [0.2, 0.25) is 0 Å². The molecule has 0 heterocycles. The van der Waals surface area contributed by atoms with E-state index in [-0.39, 0.29) is 19.1 Å². The van der Waals surface area contributed by atoms with Gasteiger partial charge in [0, 0.05) is 6.42 Å². The summed E-state index contributed by atoms with van der Waals surface area (Å²) in [7, 11) is 1.63. The highest BCUT2D eigenvalue weighted by molar-refractivity contribution is 7.47. The fourth-order valence-electron chi connectivity index (χ4n) is 8.73. The van der Waals surface area contributed by atoms with Crippen LogP contribution < -0.4 is 5.32 Å². The van der Waals surface area contributed by atoms with E-state index in [2.05, 4.69) is 43.5 Å². The second-order valence-corrected chi connectivity index (χ2v) is 22.4. The number of aliphatic hydroxyl groups excluding tert-OH is 1. The van der Waals surface area contributed by atoms with Crippen molar-refractivity contribution in [2.75, 3.05) is 40.9 Å². The van der Waals surface area contributed by atoms with Crippen LogP contribution in [0, 0.1) is 0 Å². The molecule has 0 radical (unpaired) electrons. The second-order valence-electron chi connectivity index (χ2n) is 21.0. The smallest absolute Gasteiger partial charge is 0.391 e. The molecule has 3 unspecified atom stereocenters. The molecule has 0 aromatic heterocycles. The lowest BCUT2D eigenvalue weighted by atomic mass is 10.0. The van der Waals surface area contributed by atoms with Crippen LogP contribution in [-0.2, 0) is 18.4 Å². The fraction of sp³-hybridized carbons (Fsp3) is 0.912. The highest BCUT2D eigenvalue weighted by Gasteiger charge is 2.28. The van der Waals surface area contributed by atoms with E-state index in [0.717, 1.165) is 51.4 Å². The summed E-state index contributed by atoms with van der Waals surface area (Å²) in [6, 6.07) is -0.759. The standard InChI is InChI=1S/C57H113N2O6P/c1-6-8-10-12-14-16-18-20-22-24-26-28-29-31-32-34-36-38-40-42-44-46-48-50-56(60)55(54-65-66(62,63)64-53-52-59(3,4)5)58-57(61)51-49-47-45-43-41-39-37-35-33-30-27-25-23-21-19-17-15-13-11-9-7-2/h9,11,15,17,55-56,60H,6-8,10,12-14,16,18-54H2,1-5H3,(H-,58,61,62,63)/p+1/b11-9-,17-15-. The van der Waals surface area contributed by atoms with Gasteiger partial charge in [-0.15, -0.1) is 0 Å². The number of nitrogens with one attached hydrogen (secondary N) is 1. The minimum absolute atomic E-state index is 0.0764. The SMILES string of the molecule is CC/C=C\C/C=C\CCCCCCCCCCCCCCCCC(=O)NC(COP(=O)(O)OCC[N+](C)(C)C)C(O)CCCCCCCCCCCCCCCCCCCCCCCCC. The van der Waals surface area contributed by atoms with Crippen LogP contribution in [0.3, 0.4) is 0 Å². The lowest BCUT2D eigenvalue weighted by molar-refractivity contribution is -0.870. The molecular formula is C57H114N2O6P+. The summed E-state index contributed by atoms with van der Waals surface area (Å²) in [5.74, 6) is -0.141. The molecule has 0 aliphatic rings. The van der Waals surface area contributed by atoms with Crippen LogP contribution in [0.5, 0.6) is 0 Å². The van der Waals surface area contributed by atoms with Gasteiger partial charge >= 0.3 is 7.82 Å². The maximum Gasteiger partial charge on any atom is 0.472 e. The van der Waals surface area contributed by atoms with E-state index in [1.165, 1.54) is 205 Å². The van der Waals surface area contributed by atoms with Gasteiger partial charge in [0.15, 0.2) is 0 Å². The van der Waals surface area contributed by atoms with Crippen molar-refractivity contribution in [3.05, 3.63) is 24.3 Å². The van der Waals surface area contributed by atoms with Gasteiger partial charge in [0.2, 0.25) is 5.91 Å². The third-order valence-corrected chi connectivity index (χ3v) is 14.2. The Kier molecular flexibility index (Phi) is 48.2. The monoisotopic (exact) mass is 954 g/mol. The van der Waals surface area contributed by atoms with Crippen LogP contribution in [0.15, 0.2) is 24.3 Å². The van der Waals surface area contributed by atoms with Crippen molar-refractivity contribution in [3.63, 3.8) is 0 Å². The molecule has 1 amide bonds. The minimum Gasteiger partial charge on any atom is -0.391 e. The third kappa shape index (κ3) is 50.8. The molecule has 66 heavy (non-hydrogen) atoms. The van der Waals surface area contributed by atoms with E-state index in [4.69, 9.17) is 9.05 Å². The maximum atomic E-state index is 13.0. The average Bonchev–Trinajstić information content (AvgIpc) is 3.28. The summed E-state index contributed by atoms with van der Waals surface area (Å²) < 4.78 is 23.8. The molecule has 0 aliphatic carbocycles. The first kappa shape index (κ1) is 65.0. The van der Waals surface area contributed by atoms with Crippen molar-refractivity contribution in [2.24, 2.45) is 0 Å². The molecular weight excluding hydrogens is 840 g/mol. The van der Waals surface area contributed by atoms with Gasteiger partial charge < -0.3 is 19.8 Å². The minimum atomic E-state index is -4.32. The molecule has 0 aliphatic heterocycles. The van der Waals surface area contributed by atoms with Crippen LogP contribution in [0.25, 0.3) is 0 Å². The zero-order chi connectivity index (χ0) is 48.5. The number of carbonyl (C=O) groups is 1. The van der Waals surface area contributed by atoms with E-state index in [9.17, 15) is 19.4 Å². The average molecular weight is 955 g/mol. The molecule has 9 heteroatoms. The fourth-order valence-corrected chi connectivity index (χ4v) is 9.47. The normalized spacial score (nSPS) is 14.1. The number of nitrogens with zero attached hydrogens (tertiary/aromatic N) is 1. The van der Waals surface area contributed by atoms with Crippen LogP contribution in [0.4, 0.5) is 0 Å². The van der Waals surface area contributed by atoms with Gasteiger partial charge in [0.25, 0.3) is 0 Å². The summed E-state index contributed by atoms with van der Waals surface area (Å²) >= 11 is 0. The number of quaternary nitrogens is 1. The number of rotatable bonds is 53. The second kappa shape index (κ2) is 49.0. The highest BCUT2D eigenvalue weighted by Crippen LogP contribution is 2.43. The van der Waals surface area contributed by atoms with Crippen molar-refractivity contribution in [2.45, 2.75) is 296 Å². The first-order valence-corrected chi connectivity index (χ1v) is 30.2. The maximum absolute atomic E-state index is 13.0. The van der Waals surface area contributed by atoms with Crippen LogP contribution in [0.1, 0.15) is 284 Å². The molecule has 0 aromatic rings. The number of phosphoric ester groups is 1. The number of aliphatic hydroxyl groups is 1. The molecule has 3 atom stereocenters. The first-order valence-electron chi connectivity index (χ1n) is 28.7. The number of likely N-dealkylation sites (N-methyl/N-ethyl adjacent to an activating group) is 1. The van der Waals surface area contributed by atoms with E-state index < -0.39 is 20.0 Å². The molecule has 0 bridgehead atoms. The van der Waals surface area contributed by atoms with Gasteiger partial charge in [0.1, 0.15) is 13.2 Å². The lowest BCUT2D eigenvalue weighted by Crippen LogP contribution is -2.46. The molecule has 0 aromatic carbocycles. The number of amides is 1. The van der Waals surface area contributed by atoms with Crippen molar-refractivity contribution in [3.8, 4) is 0 Å². The Balaban J connectivity index is 4.15. The van der Waals surface area contributed by atoms with Crippen molar-refractivity contribution in [1.29, 1.82) is 0 Å². The van der Waals surface area contributed by atoms with Crippen molar-refractivity contribution < 1.29 is 32.9 Å². The Bertz CT molecular complexity index is 1130. The molecule has 3 N–H and O–H groups in total. The number of phosphoric acid groups is 1. The van der Waals surface area contributed by atoms with Gasteiger partial charge in [-0.1, -0.05) is 263 Å². The molecule has 8 nitrogen and oxygen atoms in total. The summed E-state index contributed by atoms with van der Waals surface area (Å²) in [5, 5.41) is 14.1. The molecule has 0 saturated carbocycles. The predicted molar refractivity (Wildman–Crippen MR) is 286 cm³/mol. The zero-order valence-corrected chi connectivity index (χ0v) is 45.6. The topological polar surface area (TPSA) is 105 Å². The predicted octanol–water partition coefficient (Wildman–Crippen LogP) is 17.2. The van der Waals surface area contributed by atoms with E-state index in [1.54, 1.807) is 0 Å². The Morgan fingerprint density at radius 1 is 0.530 bits per heavy atom. The summed E-state index contributed by atoms with van der Waals surface area (Å²) in [6.07, 6.45) is 60.9. The Hall–Kier alpha value is -1.02. The summed E-state index contributed by atoms with van der Waals surface area (Å²) in [5.41, 5.74) is 0. The van der Waals surface area contributed by atoms with E-state index in [0.29, 0.717) is 23.9 Å². The first-order chi connectivity index (χ1) is 32.0. The van der Waals surface area contributed by atoms with Gasteiger partial charge in [-0.2, -0.15) is 0 Å². The largest absolute Gasteiger partial charge is 0.472 e.